The third-order valence-electron chi connectivity index (χ3n) is 5.56. The zero-order valence-electron chi connectivity index (χ0n) is 19.8. The fourth-order valence-corrected chi connectivity index (χ4v) is 3.77. The fourth-order valence-electron chi connectivity index (χ4n) is 3.77. The van der Waals surface area contributed by atoms with Gasteiger partial charge in [-0.1, -0.05) is 33.8 Å². The summed E-state index contributed by atoms with van der Waals surface area (Å²) in [6.45, 7) is 6.85. The van der Waals surface area contributed by atoms with E-state index in [4.69, 9.17) is 5.41 Å². The van der Waals surface area contributed by atoms with Gasteiger partial charge in [-0.25, -0.2) is 9.18 Å². The van der Waals surface area contributed by atoms with Gasteiger partial charge in [-0.05, 0) is 65.6 Å². The molecule has 0 spiro atoms. The summed E-state index contributed by atoms with van der Waals surface area (Å²) in [7, 11) is 0. The zero-order chi connectivity index (χ0) is 25.5. The number of anilines is 2. The number of nitrogens with one attached hydrogen (secondary N) is 4. The third kappa shape index (κ3) is 8.35. The van der Waals surface area contributed by atoms with Crippen molar-refractivity contribution in [3.8, 4) is 0 Å². The van der Waals surface area contributed by atoms with Crippen LogP contribution in [0.3, 0.4) is 0 Å². The maximum Gasteiger partial charge on any atom is 0.405 e. The van der Waals surface area contributed by atoms with E-state index in [1.165, 1.54) is 18.3 Å². The average Bonchev–Trinajstić information content (AvgIpc) is 2.76. The number of urea groups is 1. The van der Waals surface area contributed by atoms with Gasteiger partial charge in [0.1, 0.15) is 12.4 Å². The molecule has 2 amide bonds. The van der Waals surface area contributed by atoms with E-state index in [1.54, 1.807) is 12.1 Å². The Labute approximate surface area is 197 Å². The number of hydrogen-bond donors (Lipinski definition) is 4. The van der Waals surface area contributed by atoms with Gasteiger partial charge in [0.2, 0.25) is 0 Å². The molecule has 0 radical (unpaired) electrons. The van der Waals surface area contributed by atoms with Crippen molar-refractivity contribution in [2.75, 3.05) is 18.4 Å². The smallest absolute Gasteiger partial charge is 0.355 e. The fraction of sp³-hybridized carbons (Fsp3) is 0.440. The van der Waals surface area contributed by atoms with Crippen molar-refractivity contribution in [3.63, 3.8) is 0 Å². The second-order valence-electron chi connectivity index (χ2n) is 9.45. The minimum absolute atomic E-state index is 0.0333. The summed E-state index contributed by atoms with van der Waals surface area (Å²) < 4.78 is 50.3. The summed E-state index contributed by atoms with van der Waals surface area (Å²) in [4.78, 5) is 11.9. The molecule has 0 aliphatic heterocycles. The third-order valence-corrected chi connectivity index (χ3v) is 5.56. The second-order valence-corrected chi connectivity index (χ2v) is 9.45. The molecule has 0 aromatic heterocycles. The Morgan fingerprint density at radius 3 is 2.21 bits per heavy atom. The highest BCUT2D eigenvalue weighted by Gasteiger charge is 2.33. The van der Waals surface area contributed by atoms with Gasteiger partial charge >= 0.3 is 12.2 Å². The van der Waals surface area contributed by atoms with Gasteiger partial charge < -0.3 is 21.4 Å². The molecule has 34 heavy (non-hydrogen) atoms. The predicted molar refractivity (Wildman–Crippen MR) is 127 cm³/mol. The molecule has 0 saturated carbocycles. The SMILES string of the molecule is CC(C)CC(c1ccc(Nc2ccc(F)cc2)c(C=N)c1)C(C)(C)CNC(=O)NCC(F)(F)F. The molecule has 1 unspecified atom stereocenters. The van der Waals surface area contributed by atoms with Crippen molar-refractivity contribution in [1.29, 1.82) is 5.41 Å². The number of benzene rings is 2. The van der Waals surface area contributed by atoms with Gasteiger partial charge in [-0.3, -0.25) is 0 Å². The number of rotatable bonds is 10. The van der Waals surface area contributed by atoms with E-state index in [1.807, 2.05) is 37.4 Å². The topological polar surface area (TPSA) is 77.0 Å². The Balaban J connectivity index is 2.22. The van der Waals surface area contributed by atoms with Crippen LogP contribution < -0.4 is 16.0 Å². The quantitative estimate of drug-likeness (QED) is 0.229. The predicted octanol–water partition coefficient (Wildman–Crippen LogP) is 6.58. The van der Waals surface area contributed by atoms with Gasteiger partial charge in [0, 0.05) is 29.7 Å². The number of carbonyl (C=O) groups excluding carboxylic acids is 1. The standard InChI is InChI=1S/C25H32F4N4O/c1-16(2)11-21(24(3,4)14-31-23(34)32-15-25(27,28)29)17-5-10-22(18(12-17)13-30)33-20-8-6-19(26)7-9-20/h5-10,12-13,16,21,30,33H,11,14-15H2,1-4H3,(H2,31,32,34). The van der Waals surface area contributed by atoms with Crippen LogP contribution in [0.25, 0.3) is 0 Å². The first-order valence-electron chi connectivity index (χ1n) is 11.1. The number of hydrogen-bond acceptors (Lipinski definition) is 3. The summed E-state index contributed by atoms with van der Waals surface area (Å²) in [5, 5.41) is 15.4. The largest absolute Gasteiger partial charge is 0.405 e. The van der Waals surface area contributed by atoms with E-state index in [2.05, 4.69) is 24.5 Å². The van der Waals surface area contributed by atoms with Crippen LogP contribution in [0.5, 0.6) is 0 Å². The highest BCUT2D eigenvalue weighted by Crippen LogP contribution is 2.41. The lowest BCUT2D eigenvalue weighted by Gasteiger charge is -2.36. The van der Waals surface area contributed by atoms with Crippen LogP contribution in [0.2, 0.25) is 0 Å². The van der Waals surface area contributed by atoms with Crippen molar-refractivity contribution >= 4 is 23.6 Å². The van der Waals surface area contributed by atoms with Crippen LogP contribution >= 0.6 is 0 Å². The summed E-state index contributed by atoms with van der Waals surface area (Å²) in [5.74, 6) is -0.0506. The molecule has 2 aromatic carbocycles. The van der Waals surface area contributed by atoms with Gasteiger partial charge in [-0.2, -0.15) is 13.2 Å². The van der Waals surface area contributed by atoms with E-state index in [9.17, 15) is 22.4 Å². The Kier molecular flexibility index (Phi) is 9.06. The van der Waals surface area contributed by atoms with Crippen LogP contribution in [0, 0.1) is 22.6 Å². The van der Waals surface area contributed by atoms with Crippen LogP contribution in [0.15, 0.2) is 42.5 Å². The normalized spacial score (nSPS) is 12.9. The van der Waals surface area contributed by atoms with Crippen molar-refractivity contribution in [2.45, 2.75) is 46.2 Å². The van der Waals surface area contributed by atoms with E-state index < -0.39 is 24.2 Å². The van der Waals surface area contributed by atoms with Crippen LogP contribution in [0.4, 0.5) is 33.7 Å². The first-order chi connectivity index (χ1) is 15.8. The lowest BCUT2D eigenvalue weighted by Crippen LogP contribution is -2.45. The summed E-state index contributed by atoms with van der Waals surface area (Å²) in [6.07, 6.45) is -2.46. The van der Waals surface area contributed by atoms with E-state index in [0.717, 1.165) is 12.0 Å². The Morgan fingerprint density at radius 2 is 1.65 bits per heavy atom. The van der Waals surface area contributed by atoms with Gasteiger partial charge in [-0.15, -0.1) is 0 Å². The number of halogens is 4. The van der Waals surface area contributed by atoms with Crippen LogP contribution in [-0.4, -0.2) is 31.5 Å². The average molecular weight is 481 g/mol. The lowest BCUT2D eigenvalue weighted by molar-refractivity contribution is -0.122. The maximum absolute atomic E-state index is 13.2. The number of alkyl halides is 3. The van der Waals surface area contributed by atoms with Crippen LogP contribution in [0.1, 0.15) is 51.2 Å². The van der Waals surface area contributed by atoms with E-state index >= 15 is 0 Å². The number of carbonyl (C=O) groups is 1. The minimum atomic E-state index is -4.47. The summed E-state index contributed by atoms with van der Waals surface area (Å²) in [5.41, 5.74) is 2.49. The molecule has 0 bridgehead atoms. The van der Waals surface area contributed by atoms with Crippen molar-refractivity contribution in [3.05, 3.63) is 59.4 Å². The molecule has 0 aliphatic carbocycles. The van der Waals surface area contributed by atoms with E-state index in [-0.39, 0.29) is 18.3 Å². The molecule has 2 aromatic rings. The van der Waals surface area contributed by atoms with Crippen molar-refractivity contribution < 1.29 is 22.4 Å². The minimum Gasteiger partial charge on any atom is -0.355 e. The molecule has 0 heterocycles. The summed E-state index contributed by atoms with van der Waals surface area (Å²) in [6, 6.07) is 10.7. The molecule has 9 heteroatoms. The van der Waals surface area contributed by atoms with Gasteiger partial charge in [0.05, 0.1) is 0 Å². The molecule has 5 nitrogen and oxygen atoms in total. The molecule has 186 valence electrons. The van der Waals surface area contributed by atoms with Crippen molar-refractivity contribution in [1.82, 2.24) is 10.6 Å². The number of amides is 2. The molecule has 0 aliphatic rings. The summed E-state index contributed by atoms with van der Waals surface area (Å²) >= 11 is 0. The zero-order valence-corrected chi connectivity index (χ0v) is 19.8. The molecule has 0 fully saturated rings. The molecule has 2 rings (SSSR count). The first kappa shape index (κ1) is 27.1. The highest BCUT2D eigenvalue weighted by atomic mass is 19.4. The second kappa shape index (κ2) is 11.4. The molecule has 1 atom stereocenters. The maximum atomic E-state index is 13.2. The first-order valence-corrected chi connectivity index (χ1v) is 11.1. The van der Waals surface area contributed by atoms with Crippen molar-refractivity contribution in [2.24, 2.45) is 11.3 Å². The van der Waals surface area contributed by atoms with Crippen LogP contribution in [-0.2, 0) is 0 Å². The molecular formula is C25H32F4N4O. The Morgan fingerprint density at radius 1 is 1.03 bits per heavy atom. The monoisotopic (exact) mass is 480 g/mol. The molecule has 0 saturated heterocycles. The van der Waals surface area contributed by atoms with Gasteiger partial charge in [0.25, 0.3) is 0 Å². The molecule has 4 N–H and O–H groups in total. The Hall–Kier alpha value is -3.10. The lowest BCUT2D eigenvalue weighted by atomic mass is 9.71. The highest BCUT2D eigenvalue weighted by molar-refractivity contribution is 5.87. The Bertz CT molecular complexity index is 972. The molecular weight excluding hydrogens is 448 g/mol. The van der Waals surface area contributed by atoms with E-state index in [0.29, 0.717) is 22.9 Å². The van der Waals surface area contributed by atoms with Gasteiger partial charge in [0.15, 0.2) is 0 Å².